The van der Waals surface area contributed by atoms with Crippen LogP contribution in [0.3, 0.4) is 0 Å². The van der Waals surface area contributed by atoms with Crippen LogP contribution >= 0.6 is 23.4 Å². The highest BCUT2D eigenvalue weighted by atomic mass is 35.5. The van der Waals surface area contributed by atoms with E-state index >= 15 is 0 Å². The van der Waals surface area contributed by atoms with E-state index < -0.39 is 0 Å². The van der Waals surface area contributed by atoms with Crippen molar-refractivity contribution >= 4 is 23.4 Å². The molecule has 0 unspecified atom stereocenters. The van der Waals surface area contributed by atoms with E-state index in [1.54, 1.807) is 18.0 Å². The van der Waals surface area contributed by atoms with E-state index in [1.807, 2.05) is 48.7 Å². The molecule has 0 atom stereocenters. The van der Waals surface area contributed by atoms with Gasteiger partial charge in [-0.05, 0) is 17.7 Å². The van der Waals surface area contributed by atoms with Gasteiger partial charge >= 0.3 is 0 Å². The van der Waals surface area contributed by atoms with Gasteiger partial charge in [-0.25, -0.2) is 4.98 Å². The third-order valence-corrected chi connectivity index (χ3v) is 5.10. The molecule has 0 aliphatic carbocycles. The van der Waals surface area contributed by atoms with Gasteiger partial charge in [0.2, 0.25) is 11.7 Å². The van der Waals surface area contributed by atoms with E-state index in [1.165, 1.54) is 5.56 Å². The number of thioether (sulfide) groups is 1. The summed E-state index contributed by atoms with van der Waals surface area (Å²) in [6.45, 7) is 0.776. The average Bonchev–Trinajstić information content (AvgIpc) is 3.31. The van der Waals surface area contributed by atoms with Gasteiger partial charge in [0.25, 0.3) is 0 Å². The molecule has 2 aromatic carbocycles. The summed E-state index contributed by atoms with van der Waals surface area (Å²) in [5.41, 5.74) is 1.99. The second-order valence-corrected chi connectivity index (χ2v) is 6.95. The van der Waals surface area contributed by atoms with E-state index in [9.17, 15) is 0 Å². The molecule has 0 aliphatic rings. The molecule has 4 rings (SSSR count). The van der Waals surface area contributed by atoms with Crippen LogP contribution in [0.2, 0.25) is 5.02 Å². The summed E-state index contributed by atoms with van der Waals surface area (Å²) in [7, 11) is 0. The van der Waals surface area contributed by atoms with Gasteiger partial charge in [-0.3, -0.25) is 0 Å². The minimum Gasteiger partial charge on any atom is -0.338 e. The zero-order valence-corrected chi connectivity index (χ0v) is 15.3. The molecule has 130 valence electrons. The number of nitrogens with zero attached hydrogens (tertiary/aromatic N) is 4. The second kappa shape index (κ2) is 7.76. The predicted molar refractivity (Wildman–Crippen MR) is 102 cm³/mol. The van der Waals surface area contributed by atoms with Crippen molar-refractivity contribution < 1.29 is 4.52 Å². The molecule has 0 aliphatic heterocycles. The third-order valence-electron chi connectivity index (χ3n) is 3.78. The van der Waals surface area contributed by atoms with Gasteiger partial charge in [0.05, 0.1) is 10.8 Å². The van der Waals surface area contributed by atoms with Crippen LogP contribution in [0.15, 0.2) is 76.7 Å². The Kier molecular flexibility index (Phi) is 5.04. The van der Waals surface area contributed by atoms with Gasteiger partial charge in [-0.15, -0.1) is 0 Å². The second-order valence-electron chi connectivity index (χ2n) is 5.60. The normalized spacial score (nSPS) is 11.0. The van der Waals surface area contributed by atoms with Gasteiger partial charge in [0.1, 0.15) is 0 Å². The first-order valence-electron chi connectivity index (χ1n) is 8.05. The van der Waals surface area contributed by atoms with Gasteiger partial charge < -0.3 is 9.09 Å². The fourth-order valence-corrected chi connectivity index (χ4v) is 3.54. The van der Waals surface area contributed by atoms with Crippen LogP contribution in [0.25, 0.3) is 11.4 Å². The Morgan fingerprint density at radius 3 is 2.69 bits per heavy atom. The predicted octanol–water partition coefficient (Wildman–Crippen LogP) is 4.93. The number of imidazole rings is 1. The summed E-state index contributed by atoms with van der Waals surface area (Å²) in [5.74, 6) is 1.58. The topological polar surface area (TPSA) is 56.7 Å². The van der Waals surface area contributed by atoms with E-state index in [4.69, 9.17) is 16.1 Å². The standard InChI is InChI=1S/C19H15ClN4OS/c20-16-9-5-4-8-15(16)18-22-17(25-23-18)13-26-19-21-10-11-24(19)12-14-6-2-1-3-7-14/h1-11H,12-13H2. The summed E-state index contributed by atoms with van der Waals surface area (Å²) >= 11 is 7.75. The number of hydrogen-bond acceptors (Lipinski definition) is 5. The molecule has 0 fully saturated rings. The highest BCUT2D eigenvalue weighted by Gasteiger charge is 2.13. The van der Waals surface area contributed by atoms with Crippen molar-refractivity contribution in [1.82, 2.24) is 19.7 Å². The molecule has 7 heteroatoms. The van der Waals surface area contributed by atoms with Crippen LogP contribution in [0.4, 0.5) is 0 Å². The van der Waals surface area contributed by atoms with E-state index in [0.717, 1.165) is 17.3 Å². The number of rotatable bonds is 6. The van der Waals surface area contributed by atoms with Crippen molar-refractivity contribution in [3.63, 3.8) is 0 Å². The Hall–Kier alpha value is -2.57. The Morgan fingerprint density at radius 2 is 1.85 bits per heavy atom. The van der Waals surface area contributed by atoms with Crippen molar-refractivity contribution in [3.8, 4) is 11.4 Å². The maximum absolute atomic E-state index is 6.18. The smallest absolute Gasteiger partial charge is 0.237 e. The molecule has 0 N–H and O–H groups in total. The lowest BCUT2D eigenvalue weighted by molar-refractivity contribution is 0.391. The third kappa shape index (κ3) is 3.81. The van der Waals surface area contributed by atoms with Gasteiger partial charge in [0, 0.05) is 24.5 Å². The van der Waals surface area contributed by atoms with Crippen molar-refractivity contribution in [2.24, 2.45) is 0 Å². The molecular weight excluding hydrogens is 368 g/mol. The lowest BCUT2D eigenvalue weighted by atomic mass is 10.2. The summed E-state index contributed by atoms with van der Waals surface area (Å²) in [5, 5.41) is 5.54. The van der Waals surface area contributed by atoms with Crippen LogP contribution in [-0.2, 0) is 12.3 Å². The van der Waals surface area contributed by atoms with Crippen LogP contribution in [0.5, 0.6) is 0 Å². The van der Waals surface area contributed by atoms with Crippen molar-refractivity contribution in [2.45, 2.75) is 17.5 Å². The van der Waals surface area contributed by atoms with Crippen LogP contribution in [0.1, 0.15) is 11.5 Å². The van der Waals surface area contributed by atoms with Gasteiger partial charge in [-0.2, -0.15) is 4.98 Å². The monoisotopic (exact) mass is 382 g/mol. The number of halogens is 1. The SMILES string of the molecule is Clc1ccccc1-c1noc(CSc2nccn2Cc2ccccc2)n1. The molecule has 0 saturated carbocycles. The number of hydrogen-bond donors (Lipinski definition) is 0. The number of benzene rings is 2. The summed E-state index contributed by atoms with van der Waals surface area (Å²) in [6.07, 6.45) is 3.77. The largest absolute Gasteiger partial charge is 0.338 e. The van der Waals surface area contributed by atoms with Crippen LogP contribution in [0, 0.1) is 0 Å². The van der Waals surface area contributed by atoms with Gasteiger partial charge in [0.15, 0.2) is 5.16 Å². The fourth-order valence-electron chi connectivity index (χ4n) is 2.53. The molecule has 0 spiro atoms. The van der Waals surface area contributed by atoms with Crippen LogP contribution < -0.4 is 0 Å². The Balaban J connectivity index is 1.44. The van der Waals surface area contributed by atoms with E-state index in [0.29, 0.717) is 22.5 Å². The first kappa shape index (κ1) is 16.9. The molecule has 4 aromatic rings. The minimum atomic E-state index is 0.499. The van der Waals surface area contributed by atoms with Crippen LogP contribution in [-0.4, -0.2) is 19.7 Å². The van der Waals surface area contributed by atoms with E-state index in [2.05, 4.69) is 31.8 Å². The molecule has 0 radical (unpaired) electrons. The zero-order chi connectivity index (χ0) is 17.8. The number of aromatic nitrogens is 4. The molecule has 0 saturated heterocycles. The summed E-state index contributed by atoms with van der Waals surface area (Å²) in [4.78, 5) is 8.86. The lowest BCUT2D eigenvalue weighted by Gasteiger charge is -2.06. The highest BCUT2D eigenvalue weighted by molar-refractivity contribution is 7.98. The maximum Gasteiger partial charge on any atom is 0.237 e. The highest BCUT2D eigenvalue weighted by Crippen LogP contribution is 2.27. The Bertz CT molecular complexity index is 999. The Labute approximate surface area is 160 Å². The van der Waals surface area contributed by atoms with Crippen molar-refractivity contribution in [1.29, 1.82) is 0 Å². The molecule has 0 amide bonds. The quantitative estimate of drug-likeness (QED) is 0.443. The first-order valence-corrected chi connectivity index (χ1v) is 9.41. The van der Waals surface area contributed by atoms with Crippen molar-refractivity contribution in [2.75, 3.05) is 0 Å². The average molecular weight is 383 g/mol. The summed E-state index contributed by atoms with van der Waals surface area (Å²) in [6, 6.07) is 17.7. The fraction of sp³-hybridized carbons (Fsp3) is 0.105. The van der Waals surface area contributed by atoms with Crippen molar-refractivity contribution in [3.05, 3.63) is 83.5 Å². The van der Waals surface area contributed by atoms with E-state index in [-0.39, 0.29) is 0 Å². The summed E-state index contributed by atoms with van der Waals surface area (Å²) < 4.78 is 7.46. The molecule has 2 heterocycles. The minimum absolute atomic E-state index is 0.499. The zero-order valence-electron chi connectivity index (χ0n) is 13.7. The molecule has 5 nitrogen and oxygen atoms in total. The molecular formula is C19H15ClN4OS. The Morgan fingerprint density at radius 1 is 1.04 bits per heavy atom. The molecule has 2 aromatic heterocycles. The molecule has 26 heavy (non-hydrogen) atoms. The lowest BCUT2D eigenvalue weighted by Crippen LogP contribution is -2.00. The maximum atomic E-state index is 6.18. The first-order chi connectivity index (χ1) is 12.8. The molecule has 0 bridgehead atoms. The van der Waals surface area contributed by atoms with Gasteiger partial charge in [-0.1, -0.05) is 71.0 Å².